The number of nitrogens with zero attached hydrogens (tertiary/aromatic N) is 2. The van der Waals surface area contributed by atoms with Gasteiger partial charge in [0.25, 0.3) is 0 Å². The molecule has 1 aromatic carbocycles. The summed E-state index contributed by atoms with van der Waals surface area (Å²) in [6.45, 7) is 3.02. The van der Waals surface area contributed by atoms with Gasteiger partial charge in [-0.15, -0.1) is 0 Å². The van der Waals surface area contributed by atoms with E-state index in [1.165, 1.54) is 0 Å². The average Bonchev–Trinajstić information content (AvgIpc) is 2.38. The maximum absolute atomic E-state index is 12.3. The lowest BCUT2D eigenvalue weighted by Gasteiger charge is -2.36. The number of carbonyl (C=O) groups is 1. The topological polar surface area (TPSA) is 23.6 Å². The molecule has 1 aromatic rings. The Morgan fingerprint density at radius 2 is 1.68 bits per heavy atom. The minimum absolute atomic E-state index is 0.104. The number of hydrogen-bond donors (Lipinski definition) is 0. The highest BCUT2D eigenvalue weighted by molar-refractivity contribution is 5.82. The van der Waals surface area contributed by atoms with Crippen molar-refractivity contribution < 1.29 is 18.0 Å². The van der Waals surface area contributed by atoms with Crippen LogP contribution in [0.3, 0.4) is 0 Å². The number of para-hydroxylation sites is 1. The third kappa shape index (κ3) is 3.00. The van der Waals surface area contributed by atoms with Gasteiger partial charge in [-0.25, -0.2) is 0 Å². The standard InChI is InChI=1S/C13H15F3N2O/c1-10-4-2-3-5-11(10)17-6-8-18(9-7-17)12(19)13(14,15)16/h2-5H,6-9H2,1H3. The minimum Gasteiger partial charge on any atom is -0.368 e. The van der Waals surface area contributed by atoms with Crippen molar-refractivity contribution in [2.75, 3.05) is 31.1 Å². The molecule has 1 amide bonds. The monoisotopic (exact) mass is 272 g/mol. The summed E-state index contributed by atoms with van der Waals surface area (Å²) in [5.74, 6) is -1.74. The Morgan fingerprint density at radius 1 is 1.11 bits per heavy atom. The van der Waals surface area contributed by atoms with Crippen LogP contribution in [0.5, 0.6) is 0 Å². The van der Waals surface area contributed by atoms with Gasteiger partial charge < -0.3 is 9.80 Å². The summed E-state index contributed by atoms with van der Waals surface area (Å²) in [5.41, 5.74) is 2.10. The summed E-state index contributed by atoms with van der Waals surface area (Å²) in [4.78, 5) is 14.0. The number of carbonyl (C=O) groups excluding carboxylic acids is 1. The van der Waals surface area contributed by atoms with E-state index in [1.54, 1.807) is 0 Å². The number of anilines is 1. The van der Waals surface area contributed by atoms with Crippen LogP contribution in [-0.2, 0) is 4.79 Å². The van der Waals surface area contributed by atoms with E-state index >= 15 is 0 Å². The Morgan fingerprint density at radius 3 is 2.21 bits per heavy atom. The fourth-order valence-corrected chi connectivity index (χ4v) is 2.25. The second-order valence-electron chi connectivity index (χ2n) is 4.56. The Hall–Kier alpha value is -1.72. The summed E-state index contributed by atoms with van der Waals surface area (Å²) in [6.07, 6.45) is -4.77. The van der Waals surface area contributed by atoms with Crippen molar-refractivity contribution in [1.29, 1.82) is 0 Å². The average molecular weight is 272 g/mol. The van der Waals surface area contributed by atoms with Crippen molar-refractivity contribution in [2.45, 2.75) is 13.1 Å². The number of aryl methyl sites for hydroxylation is 1. The molecule has 0 saturated carbocycles. The summed E-state index contributed by atoms with van der Waals surface area (Å²) in [6, 6.07) is 7.72. The number of halogens is 3. The van der Waals surface area contributed by atoms with Crippen LogP contribution < -0.4 is 4.90 Å². The third-order valence-electron chi connectivity index (χ3n) is 3.27. The van der Waals surface area contributed by atoms with Crippen LogP contribution in [0.15, 0.2) is 24.3 Å². The van der Waals surface area contributed by atoms with Crippen molar-refractivity contribution in [1.82, 2.24) is 4.90 Å². The van der Waals surface area contributed by atoms with E-state index in [2.05, 4.69) is 0 Å². The van der Waals surface area contributed by atoms with E-state index in [0.29, 0.717) is 13.1 Å². The first kappa shape index (κ1) is 13.7. The SMILES string of the molecule is Cc1ccccc1N1CCN(C(=O)C(F)(F)F)CC1. The lowest BCUT2D eigenvalue weighted by Crippen LogP contribution is -2.52. The van der Waals surface area contributed by atoms with E-state index < -0.39 is 12.1 Å². The summed E-state index contributed by atoms with van der Waals surface area (Å²) < 4.78 is 36.9. The lowest BCUT2D eigenvalue weighted by molar-refractivity contribution is -0.185. The molecular weight excluding hydrogens is 257 g/mol. The first-order valence-electron chi connectivity index (χ1n) is 6.06. The number of rotatable bonds is 1. The Bertz CT molecular complexity index is 465. The molecule has 0 unspecified atom stereocenters. The first-order valence-corrected chi connectivity index (χ1v) is 6.06. The largest absolute Gasteiger partial charge is 0.471 e. The van der Waals surface area contributed by atoms with Crippen molar-refractivity contribution in [3.63, 3.8) is 0 Å². The van der Waals surface area contributed by atoms with Crippen LogP contribution in [0.2, 0.25) is 0 Å². The van der Waals surface area contributed by atoms with Gasteiger partial charge >= 0.3 is 12.1 Å². The second kappa shape index (κ2) is 5.11. The molecule has 1 aliphatic rings. The zero-order chi connectivity index (χ0) is 14.0. The number of piperazine rings is 1. The normalized spacial score (nSPS) is 16.6. The van der Waals surface area contributed by atoms with Crippen LogP contribution in [0.25, 0.3) is 0 Å². The quantitative estimate of drug-likeness (QED) is 0.782. The number of hydrogen-bond acceptors (Lipinski definition) is 2. The van der Waals surface area contributed by atoms with Crippen molar-refractivity contribution in [2.24, 2.45) is 0 Å². The fourth-order valence-electron chi connectivity index (χ4n) is 2.25. The molecule has 1 aliphatic heterocycles. The maximum atomic E-state index is 12.3. The molecule has 1 fully saturated rings. The van der Waals surface area contributed by atoms with Gasteiger partial charge in [-0.2, -0.15) is 13.2 Å². The Labute approximate surface area is 109 Å². The summed E-state index contributed by atoms with van der Waals surface area (Å²) in [7, 11) is 0. The van der Waals surface area contributed by atoms with E-state index in [4.69, 9.17) is 0 Å². The Kier molecular flexibility index (Phi) is 3.68. The van der Waals surface area contributed by atoms with Gasteiger partial charge in [0, 0.05) is 31.9 Å². The minimum atomic E-state index is -4.77. The zero-order valence-corrected chi connectivity index (χ0v) is 10.6. The molecule has 0 spiro atoms. The fraction of sp³-hybridized carbons (Fsp3) is 0.462. The van der Waals surface area contributed by atoms with E-state index in [0.717, 1.165) is 16.2 Å². The van der Waals surface area contributed by atoms with Crippen LogP contribution in [0.1, 0.15) is 5.56 Å². The number of benzene rings is 1. The molecule has 6 heteroatoms. The van der Waals surface area contributed by atoms with Gasteiger partial charge in [-0.05, 0) is 18.6 Å². The number of amides is 1. The molecule has 1 heterocycles. The molecule has 0 radical (unpaired) electrons. The molecule has 0 bridgehead atoms. The van der Waals surface area contributed by atoms with Crippen molar-refractivity contribution in [3.8, 4) is 0 Å². The van der Waals surface area contributed by atoms with Crippen molar-refractivity contribution >= 4 is 11.6 Å². The smallest absolute Gasteiger partial charge is 0.368 e. The van der Waals surface area contributed by atoms with Gasteiger partial charge in [0.05, 0.1) is 0 Å². The molecular formula is C13H15F3N2O. The third-order valence-corrected chi connectivity index (χ3v) is 3.27. The molecule has 104 valence electrons. The second-order valence-corrected chi connectivity index (χ2v) is 4.56. The predicted octanol–water partition coefficient (Wildman–Crippen LogP) is 2.21. The molecule has 0 aromatic heterocycles. The predicted molar refractivity (Wildman–Crippen MR) is 66.0 cm³/mol. The van der Waals surface area contributed by atoms with Gasteiger partial charge in [-0.1, -0.05) is 18.2 Å². The summed E-state index contributed by atoms with van der Waals surface area (Å²) >= 11 is 0. The molecule has 0 N–H and O–H groups in total. The molecule has 3 nitrogen and oxygen atoms in total. The molecule has 0 aliphatic carbocycles. The van der Waals surface area contributed by atoms with Gasteiger partial charge in [-0.3, -0.25) is 4.79 Å². The maximum Gasteiger partial charge on any atom is 0.471 e. The van der Waals surface area contributed by atoms with E-state index in [-0.39, 0.29) is 13.1 Å². The van der Waals surface area contributed by atoms with Gasteiger partial charge in [0.1, 0.15) is 0 Å². The van der Waals surface area contributed by atoms with E-state index in [1.807, 2.05) is 36.1 Å². The van der Waals surface area contributed by atoms with E-state index in [9.17, 15) is 18.0 Å². The summed E-state index contributed by atoms with van der Waals surface area (Å²) in [5, 5.41) is 0. The number of alkyl halides is 3. The van der Waals surface area contributed by atoms with Crippen LogP contribution >= 0.6 is 0 Å². The highest BCUT2D eigenvalue weighted by Gasteiger charge is 2.43. The lowest BCUT2D eigenvalue weighted by atomic mass is 10.1. The van der Waals surface area contributed by atoms with Gasteiger partial charge in [0.2, 0.25) is 0 Å². The van der Waals surface area contributed by atoms with Crippen LogP contribution in [-0.4, -0.2) is 43.2 Å². The molecule has 0 atom stereocenters. The van der Waals surface area contributed by atoms with Crippen LogP contribution in [0, 0.1) is 6.92 Å². The highest BCUT2D eigenvalue weighted by Crippen LogP contribution is 2.23. The highest BCUT2D eigenvalue weighted by atomic mass is 19.4. The first-order chi connectivity index (χ1) is 8.89. The molecule has 1 saturated heterocycles. The molecule has 19 heavy (non-hydrogen) atoms. The zero-order valence-electron chi connectivity index (χ0n) is 10.6. The van der Waals surface area contributed by atoms with Crippen molar-refractivity contribution in [3.05, 3.63) is 29.8 Å². The Balaban J connectivity index is 2.00. The van der Waals surface area contributed by atoms with Crippen LogP contribution in [0.4, 0.5) is 18.9 Å². The van der Waals surface area contributed by atoms with Gasteiger partial charge in [0.15, 0.2) is 0 Å². The molecule has 2 rings (SSSR count).